The van der Waals surface area contributed by atoms with Gasteiger partial charge < -0.3 is 0 Å². The maximum atomic E-state index is 13.0. The normalized spacial score (nSPS) is 12.7. The number of nitrogens with zero attached hydrogens (tertiary/aromatic N) is 3. The lowest BCUT2D eigenvalue weighted by molar-refractivity contribution is -0.384. The second kappa shape index (κ2) is 8.57. The summed E-state index contributed by atoms with van der Waals surface area (Å²) in [5, 5.41) is 16.5. The van der Waals surface area contributed by atoms with Crippen LogP contribution in [-0.2, 0) is 12.4 Å². The third kappa shape index (κ3) is 5.41. The standard InChI is InChI=1S/C19H12F6N4O2S/c1-10(12-5-13(18(20,21)22)8-14(6-12)19(23,24)25)27-28-17-26-16(9-32-17)11-3-2-4-15(7-11)29(30)31/h2-9H,1H3,(H,26,28)/b27-10+. The summed E-state index contributed by atoms with van der Waals surface area (Å²) in [5.41, 5.74) is -0.199. The molecule has 3 rings (SSSR count). The van der Waals surface area contributed by atoms with Crippen molar-refractivity contribution in [2.75, 3.05) is 5.43 Å². The predicted molar refractivity (Wildman–Crippen MR) is 106 cm³/mol. The Morgan fingerprint density at radius 3 is 2.25 bits per heavy atom. The topological polar surface area (TPSA) is 80.4 Å². The van der Waals surface area contributed by atoms with Gasteiger partial charge in [0.2, 0.25) is 5.13 Å². The summed E-state index contributed by atoms with van der Waals surface area (Å²) in [6.45, 7) is 1.25. The van der Waals surface area contributed by atoms with Crippen LogP contribution in [0.5, 0.6) is 0 Å². The van der Waals surface area contributed by atoms with E-state index in [2.05, 4.69) is 15.5 Å². The smallest absolute Gasteiger partial charge is 0.258 e. The Labute approximate surface area is 180 Å². The maximum absolute atomic E-state index is 13.0. The monoisotopic (exact) mass is 474 g/mol. The van der Waals surface area contributed by atoms with Gasteiger partial charge in [-0.05, 0) is 30.7 Å². The molecule has 0 spiro atoms. The van der Waals surface area contributed by atoms with Gasteiger partial charge in [-0.3, -0.25) is 15.5 Å². The minimum absolute atomic E-state index is 0.0381. The summed E-state index contributed by atoms with van der Waals surface area (Å²) in [4.78, 5) is 14.5. The molecule has 1 aromatic heterocycles. The van der Waals surface area contributed by atoms with E-state index in [1.54, 1.807) is 11.4 Å². The quantitative estimate of drug-likeness (QED) is 0.196. The van der Waals surface area contributed by atoms with Crippen LogP contribution in [0, 0.1) is 10.1 Å². The van der Waals surface area contributed by atoms with Crippen LogP contribution in [0.1, 0.15) is 23.6 Å². The zero-order chi connectivity index (χ0) is 23.7. The second-order valence-corrected chi connectivity index (χ2v) is 7.31. The fourth-order valence-electron chi connectivity index (χ4n) is 2.60. The molecule has 3 aromatic rings. The number of benzene rings is 2. The molecule has 0 atom stereocenters. The zero-order valence-corrected chi connectivity index (χ0v) is 16.8. The van der Waals surface area contributed by atoms with Crippen molar-refractivity contribution in [2.24, 2.45) is 5.10 Å². The van der Waals surface area contributed by atoms with E-state index in [1.807, 2.05) is 0 Å². The number of hydrazone groups is 1. The first kappa shape index (κ1) is 23.2. The lowest BCUT2D eigenvalue weighted by Crippen LogP contribution is -2.13. The molecule has 0 fully saturated rings. The van der Waals surface area contributed by atoms with Crippen molar-refractivity contribution in [3.63, 3.8) is 0 Å². The van der Waals surface area contributed by atoms with Crippen molar-refractivity contribution >= 4 is 27.9 Å². The molecule has 168 valence electrons. The van der Waals surface area contributed by atoms with Gasteiger partial charge in [0.15, 0.2) is 0 Å². The number of anilines is 1. The molecule has 1 N–H and O–H groups in total. The molecule has 1 heterocycles. The fourth-order valence-corrected chi connectivity index (χ4v) is 3.26. The Morgan fingerprint density at radius 2 is 1.69 bits per heavy atom. The van der Waals surface area contributed by atoms with E-state index in [9.17, 15) is 36.5 Å². The van der Waals surface area contributed by atoms with Crippen LogP contribution in [0.15, 0.2) is 52.9 Å². The van der Waals surface area contributed by atoms with E-state index in [0.29, 0.717) is 23.4 Å². The molecule has 6 nitrogen and oxygen atoms in total. The van der Waals surface area contributed by atoms with E-state index in [4.69, 9.17) is 0 Å². The first-order valence-electron chi connectivity index (χ1n) is 8.65. The summed E-state index contributed by atoms with van der Waals surface area (Å²) >= 11 is 1.05. The number of alkyl halides is 6. The van der Waals surface area contributed by atoms with Crippen molar-refractivity contribution in [1.29, 1.82) is 0 Å². The fraction of sp³-hybridized carbons (Fsp3) is 0.158. The van der Waals surface area contributed by atoms with Gasteiger partial charge in [0.1, 0.15) is 0 Å². The highest BCUT2D eigenvalue weighted by Gasteiger charge is 2.37. The van der Waals surface area contributed by atoms with Crippen LogP contribution >= 0.6 is 11.3 Å². The number of rotatable bonds is 5. The molecule has 0 aliphatic rings. The van der Waals surface area contributed by atoms with Gasteiger partial charge >= 0.3 is 12.4 Å². The number of hydrogen-bond acceptors (Lipinski definition) is 6. The lowest BCUT2D eigenvalue weighted by Gasteiger charge is -2.14. The van der Waals surface area contributed by atoms with Gasteiger partial charge in [-0.2, -0.15) is 31.4 Å². The molecule has 0 unspecified atom stereocenters. The van der Waals surface area contributed by atoms with E-state index >= 15 is 0 Å². The van der Waals surface area contributed by atoms with Crippen LogP contribution in [0.2, 0.25) is 0 Å². The maximum Gasteiger partial charge on any atom is 0.416 e. The molecule has 0 amide bonds. The van der Waals surface area contributed by atoms with Crippen molar-refractivity contribution in [3.05, 3.63) is 74.6 Å². The third-order valence-electron chi connectivity index (χ3n) is 4.18. The number of halogens is 6. The van der Waals surface area contributed by atoms with E-state index in [0.717, 1.165) is 11.3 Å². The summed E-state index contributed by atoms with van der Waals surface area (Å²) < 4.78 is 78.1. The molecular formula is C19H12F6N4O2S. The van der Waals surface area contributed by atoms with Gasteiger partial charge in [0.05, 0.1) is 27.5 Å². The van der Waals surface area contributed by atoms with Gasteiger partial charge in [0.25, 0.3) is 5.69 Å². The second-order valence-electron chi connectivity index (χ2n) is 6.45. The molecule has 0 aliphatic heterocycles. The molecular weight excluding hydrogens is 462 g/mol. The molecule has 0 radical (unpaired) electrons. The van der Waals surface area contributed by atoms with Crippen LogP contribution in [-0.4, -0.2) is 15.6 Å². The van der Waals surface area contributed by atoms with Crippen molar-refractivity contribution in [1.82, 2.24) is 4.98 Å². The van der Waals surface area contributed by atoms with Crippen LogP contribution in [0.3, 0.4) is 0 Å². The highest BCUT2D eigenvalue weighted by Crippen LogP contribution is 2.36. The molecule has 32 heavy (non-hydrogen) atoms. The first-order chi connectivity index (χ1) is 14.8. The van der Waals surface area contributed by atoms with Gasteiger partial charge in [-0.25, -0.2) is 4.98 Å². The summed E-state index contributed by atoms with van der Waals surface area (Å²) in [6, 6.07) is 6.89. The van der Waals surface area contributed by atoms with E-state index in [-0.39, 0.29) is 28.2 Å². The number of nitrogens with one attached hydrogen (secondary N) is 1. The highest BCUT2D eigenvalue weighted by atomic mass is 32.1. The van der Waals surface area contributed by atoms with E-state index in [1.165, 1.54) is 25.1 Å². The molecule has 0 saturated heterocycles. The largest absolute Gasteiger partial charge is 0.416 e. The number of nitro benzene ring substituents is 1. The highest BCUT2D eigenvalue weighted by molar-refractivity contribution is 7.14. The Balaban J connectivity index is 1.87. The number of hydrogen-bond donors (Lipinski definition) is 1. The number of aromatic nitrogens is 1. The van der Waals surface area contributed by atoms with Gasteiger partial charge in [-0.15, -0.1) is 11.3 Å². The molecule has 2 aromatic carbocycles. The first-order valence-corrected chi connectivity index (χ1v) is 9.53. The third-order valence-corrected chi connectivity index (χ3v) is 4.93. The Bertz CT molecular complexity index is 1150. The molecule has 0 bridgehead atoms. The number of non-ortho nitro benzene ring substituents is 1. The molecule has 13 heteroatoms. The van der Waals surface area contributed by atoms with Gasteiger partial charge in [0, 0.05) is 23.1 Å². The summed E-state index contributed by atoms with van der Waals surface area (Å²) in [7, 11) is 0. The summed E-state index contributed by atoms with van der Waals surface area (Å²) in [6.07, 6.45) is -9.93. The van der Waals surface area contributed by atoms with Gasteiger partial charge in [-0.1, -0.05) is 12.1 Å². The minimum Gasteiger partial charge on any atom is -0.258 e. The predicted octanol–water partition coefficient (Wildman–Crippen LogP) is 6.59. The Morgan fingerprint density at radius 1 is 1.06 bits per heavy atom. The van der Waals surface area contributed by atoms with Crippen LogP contribution in [0.25, 0.3) is 11.3 Å². The molecule has 0 saturated carbocycles. The van der Waals surface area contributed by atoms with Crippen molar-refractivity contribution in [3.8, 4) is 11.3 Å². The van der Waals surface area contributed by atoms with E-state index < -0.39 is 28.4 Å². The number of nitro groups is 1. The molecule has 0 aliphatic carbocycles. The van der Waals surface area contributed by atoms with Crippen LogP contribution in [0.4, 0.5) is 37.2 Å². The lowest BCUT2D eigenvalue weighted by atomic mass is 10.0. The van der Waals surface area contributed by atoms with Crippen LogP contribution < -0.4 is 5.43 Å². The minimum atomic E-state index is -4.97. The Kier molecular flexibility index (Phi) is 6.21. The zero-order valence-electron chi connectivity index (χ0n) is 16.0. The average Bonchev–Trinajstić information content (AvgIpc) is 3.19. The average molecular weight is 474 g/mol. The Hall–Kier alpha value is -3.48. The van der Waals surface area contributed by atoms with Crippen molar-refractivity contribution < 1.29 is 31.3 Å². The van der Waals surface area contributed by atoms with Crippen molar-refractivity contribution in [2.45, 2.75) is 19.3 Å². The summed E-state index contributed by atoms with van der Waals surface area (Å²) in [5.74, 6) is 0. The number of thiazole rings is 1. The SMILES string of the molecule is C/C(=N\Nc1nc(-c2cccc([N+](=O)[O-])c2)cs1)c1cc(C(F)(F)F)cc(C(F)(F)F)c1.